The van der Waals surface area contributed by atoms with E-state index in [0.717, 1.165) is 17.2 Å². The van der Waals surface area contributed by atoms with Gasteiger partial charge in [0, 0.05) is 11.9 Å². The number of benzene rings is 1. The molecule has 0 bridgehead atoms. The number of hydrogen-bond acceptors (Lipinski definition) is 4. The fraction of sp³-hybridized carbons (Fsp3) is 0.333. The number of hydrazine groups is 1. The maximum atomic E-state index is 5.93. The number of hydrogen-bond donors (Lipinski definition) is 1. The Hall–Kier alpha value is -1.39. The summed E-state index contributed by atoms with van der Waals surface area (Å²) in [6, 6.07) is 10.2. The molecule has 1 aromatic carbocycles. The van der Waals surface area contributed by atoms with Crippen molar-refractivity contribution >= 4 is 17.4 Å². The number of nitrogens with zero attached hydrogens (tertiary/aromatic N) is 1. The lowest BCUT2D eigenvalue weighted by Gasteiger charge is -2.21. The van der Waals surface area contributed by atoms with E-state index in [4.69, 9.17) is 10.3 Å². The molecule has 2 N–H and O–H groups in total. The molecule has 1 heterocycles. The molecule has 0 fully saturated rings. The molecule has 0 saturated heterocycles. The third kappa shape index (κ3) is 3.33. The first kappa shape index (κ1) is 14.0. The fourth-order valence-corrected chi connectivity index (χ4v) is 3.25. The van der Waals surface area contributed by atoms with Gasteiger partial charge < -0.3 is 9.43 Å². The largest absolute Gasteiger partial charge is 0.468 e. The van der Waals surface area contributed by atoms with Crippen molar-refractivity contribution in [3.63, 3.8) is 0 Å². The minimum atomic E-state index is 0.471. The molecular weight excluding hydrogens is 256 g/mol. The van der Waals surface area contributed by atoms with Crippen molar-refractivity contribution in [3.8, 4) is 0 Å². The second kappa shape index (κ2) is 6.17. The molecule has 102 valence electrons. The van der Waals surface area contributed by atoms with Gasteiger partial charge in [-0.3, -0.25) is 0 Å². The SMILES string of the molecule is CC(C)c1cccc(N(C)N)c1SCc1ccco1. The van der Waals surface area contributed by atoms with E-state index in [-0.39, 0.29) is 0 Å². The fourth-order valence-electron chi connectivity index (χ4n) is 1.97. The lowest BCUT2D eigenvalue weighted by Crippen LogP contribution is -2.26. The average Bonchev–Trinajstić information content (AvgIpc) is 2.88. The van der Waals surface area contributed by atoms with Crippen molar-refractivity contribution in [3.05, 3.63) is 47.9 Å². The van der Waals surface area contributed by atoms with Crippen LogP contribution in [0.15, 0.2) is 45.9 Å². The summed E-state index contributed by atoms with van der Waals surface area (Å²) in [5.74, 6) is 8.20. The van der Waals surface area contributed by atoms with Crippen molar-refractivity contribution in [2.45, 2.75) is 30.4 Å². The maximum absolute atomic E-state index is 5.93. The van der Waals surface area contributed by atoms with Crippen molar-refractivity contribution in [2.24, 2.45) is 5.84 Å². The molecule has 0 spiro atoms. The van der Waals surface area contributed by atoms with Gasteiger partial charge in [-0.05, 0) is 29.7 Å². The Morgan fingerprint density at radius 3 is 2.63 bits per heavy atom. The number of anilines is 1. The molecule has 1 aromatic heterocycles. The smallest absolute Gasteiger partial charge is 0.113 e. The molecule has 0 amide bonds. The summed E-state index contributed by atoms with van der Waals surface area (Å²) in [5.41, 5.74) is 2.38. The zero-order chi connectivity index (χ0) is 13.8. The molecule has 0 radical (unpaired) electrons. The molecule has 0 aliphatic rings. The highest BCUT2D eigenvalue weighted by molar-refractivity contribution is 7.98. The summed E-state index contributed by atoms with van der Waals surface area (Å²) in [7, 11) is 1.87. The zero-order valence-electron chi connectivity index (χ0n) is 11.6. The summed E-state index contributed by atoms with van der Waals surface area (Å²) in [5, 5.41) is 1.68. The van der Waals surface area contributed by atoms with E-state index in [9.17, 15) is 0 Å². The van der Waals surface area contributed by atoms with Gasteiger partial charge in [0.25, 0.3) is 0 Å². The van der Waals surface area contributed by atoms with Gasteiger partial charge >= 0.3 is 0 Å². The van der Waals surface area contributed by atoms with Gasteiger partial charge in [0.1, 0.15) is 5.76 Å². The third-order valence-electron chi connectivity index (χ3n) is 2.97. The van der Waals surface area contributed by atoms with E-state index in [1.807, 2.05) is 19.2 Å². The predicted molar refractivity (Wildman–Crippen MR) is 81.4 cm³/mol. The quantitative estimate of drug-likeness (QED) is 0.509. The van der Waals surface area contributed by atoms with Gasteiger partial charge in [-0.15, -0.1) is 11.8 Å². The van der Waals surface area contributed by atoms with Crippen LogP contribution in [0.5, 0.6) is 0 Å². The molecule has 0 unspecified atom stereocenters. The molecule has 4 heteroatoms. The summed E-state index contributed by atoms with van der Waals surface area (Å²) in [6.45, 7) is 4.40. The Kier molecular flexibility index (Phi) is 4.56. The molecule has 0 aliphatic carbocycles. The summed E-state index contributed by atoms with van der Waals surface area (Å²) < 4.78 is 5.39. The van der Waals surface area contributed by atoms with Crippen LogP contribution in [0.3, 0.4) is 0 Å². The molecule has 0 atom stereocenters. The first-order valence-electron chi connectivity index (χ1n) is 6.36. The topological polar surface area (TPSA) is 42.4 Å². The van der Waals surface area contributed by atoms with Crippen LogP contribution in [0.2, 0.25) is 0 Å². The highest BCUT2D eigenvalue weighted by atomic mass is 32.2. The van der Waals surface area contributed by atoms with Gasteiger partial charge in [-0.25, -0.2) is 5.84 Å². The van der Waals surface area contributed by atoms with Gasteiger partial charge in [-0.1, -0.05) is 26.0 Å². The van der Waals surface area contributed by atoms with Crippen LogP contribution in [-0.2, 0) is 5.75 Å². The summed E-state index contributed by atoms with van der Waals surface area (Å²) in [6.07, 6.45) is 1.71. The highest BCUT2D eigenvalue weighted by Crippen LogP contribution is 2.37. The standard InChI is InChI=1S/C15H20N2OS/c1-11(2)13-7-4-8-14(17(3)16)15(13)19-10-12-6-5-9-18-12/h4-9,11H,10,16H2,1-3H3. The maximum Gasteiger partial charge on any atom is 0.113 e. The first-order valence-corrected chi connectivity index (χ1v) is 7.34. The van der Waals surface area contributed by atoms with Gasteiger partial charge in [0.05, 0.1) is 17.7 Å². The Morgan fingerprint density at radius 1 is 1.26 bits per heavy atom. The van der Waals surface area contributed by atoms with E-state index in [1.54, 1.807) is 23.0 Å². The monoisotopic (exact) mass is 276 g/mol. The molecule has 19 heavy (non-hydrogen) atoms. The van der Waals surface area contributed by atoms with Crippen LogP contribution in [0.4, 0.5) is 5.69 Å². The van der Waals surface area contributed by atoms with Crippen LogP contribution in [0.25, 0.3) is 0 Å². The third-order valence-corrected chi connectivity index (χ3v) is 4.13. The van der Waals surface area contributed by atoms with Crippen molar-refractivity contribution in [1.29, 1.82) is 0 Å². The first-order chi connectivity index (χ1) is 9.09. The van der Waals surface area contributed by atoms with E-state index in [1.165, 1.54) is 10.5 Å². The summed E-state index contributed by atoms with van der Waals surface area (Å²) >= 11 is 1.77. The van der Waals surface area contributed by atoms with Crippen molar-refractivity contribution in [2.75, 3.05) is 12.1 Å². The van der Waals surface area contributed by atoms with Gasteiger partial charge in [-0.2, -0.15) is 0 Å². The van der Waals surface area contributed by atoms with Crippen molar-refractivity contribution in [1.82, 2.24) is 0 Å². The molecule has 0 saturated carbocycles. The van der Waals surface area contributed by atoms with E-state index >= 15 is 0 Å². The normalized spacial score (nSPS) is 11.0. The van der Waals surface area contributed by atoms with Crippen LogP contribution < -0.4 is 10.9 Å². The molecule has 2 rings (SSSR count). The second-order valence-electron chi connectivity index (χ2n) is 4.83. The Bertz CT molecular complexity index is 495. The van der Waals surface area contributed by atoms with Gasteiger partial charge in [0.2, 0.25) is 0 Å². The van der Waals surface area contributed by atoms with Gasteiger partial charge in [0.15, 0.2) is 0 Å². The van der Waals surface area contributed by atoms with Crippen LogP contribution >= 0.6 is 11.8 Å². The predicted octanol–water partition coefficient (Wildman–Crippen LogP) is 4.01. The minimum absolute atomic E-state index is 0.471. The number of furan rings is 1. The summed E-state index contributed by atoms with van der Waals surface area (Å²) in [4.78, 5) is 1.24. The van der Waals surface area contributed by atoms with E-state index in [2.05, 4.69) is 32.0 Å². The Morgan fingerprint density at radius 2 is 2.05 bits per heavy atom. The molecule has 0 aliphatic heterocycles. The number of thioether (sulfide) groups is 1. The van der Waals surface area contributed by atoms with Crippen molar-refractivity contribution < 1.29 is 4.42 Å². The molecular formula is C15H20N2OS. The van der Waals surface area contributed by atoms with Crippen LogP contribution in [0.1, 0.15) is 31.1 Å². The number of nitrogens with two attached hydrogens (primary N) is 1. The Balaban J connectivity index is 2.29. The van der Waals surface area contributed by atoms with Crippen LogP contribution in [0, 0.1) is 0 Å². The van der Waals surface area contributed by atoms with E-state index in [0.29, 0.717) is 5.92 Å². The Labute approximate surface area is 118 Å². The average molecular weight is 276 g/mol. The lowest BCUT2D eigenvalue weighted by atomic mass is 10.0. The molecule has 2 aromatic rings. The zero-order valence-corrected chi connectivity index (χ0v) is 12.4. The van der Waals surface area contributed by atoms with E-state index < -0.39 is 0 Å². The molecule has 3 nitrogen and oxygen atoms in total. The minimum Gasteiger partial charge on any atom is -0.468 e. The van der Waals surface area contributed by atoms with Crippen LogP contribution in [-0.4, -0.2) is 7.05 Å². The lowest BCUT2D eigenvalue weighted by molar-refractivity contribution is 0.530. The highest BCUT2D eigenvalue weighted by Gasteiger charge is 2.14. The number of rotatable bonds is 5. The second-order valence-corrected chi connectivity index (χ2v) is 5.81.